The third-order valence-corrected chi connectivity index (χ3v) is 7.30. The first-order chi connectivity index (χ1) is 14.4. The number of carbonyl (C=O) groups is 1. The number of benzene rings is 2. The molecule has 1 aliphatic rings. The minimum atomic E-state index is -0.251. The van der Waals surface area contributed by atoms with E-state index >= 15 is 0 Å². The molecule has 1 amide bonds. The summed E-state index contributed by atoms with van der Waals surface area (Å²) in [5.74, 6) is 0.0275. The molecule has 0 unspecified atom stereocenters. The summed E-state index contributed by atoms with van der Waals surface area (Å²) < 4.78 is 6.15. The average molecular weight is 554 g/mol. The number of rotatable bonds is 4. The predicted octanol–water partition coefficient (Wildman–Crippen LogP) is 5.66. The molecule has 3 aromatic rings. The highest BCUT2D eigenvalue weighted by molar-refractivity contribution is 9.11. The number of halogens is 2. The largest absolute Gasteiger partial charge is 0.503 e. The highest BCUT2D eigenvalue weighted by atomic mass is 79.9. The summed E-state index contributed by atoms with van der Waals surface area (Å²) in [7, 11) is 1.56. The minimum absolute atomic E-state index is 0.0308. The van der Waals surface area contributed by atoms with Gasteiger partial charge in [-0.25, -0.2) is 4.98 Å². The van der Waals surface area contributed by atoms with E-state index in [0.29, 0.717) is 36.5 Å². The third-order valence-electron chi connectivity index (χ3n) is 5.02. The molecule has 4 rings (SSSR count). The molecule has 0 spiro atoms. The number of carbonyl (C=O) groups excluding carboxylic acids is 1. The average Bonchev–Trinajstić information content (AvgIpc) is 3.46. The van der Waals surface area contributed by atoms with Gasteiger partial charge in [-0.15, -0.1) is 11.3 Å². The van der Waals surface area contributed by atoms with Crippen molar-refractivity contribution in [2.24, 2.45) is 0 Å². The number of phenols is 2. The quantitative estimate of drug-likeness (QED) is 0.407. The van der Waals surface area contributed by atoms with Crippen molar-refractivity contribution in [1.82, 2.24) is 9.88 Å². The van der Waals surface area contributed by atoms with E-state index in [1.165, 1.54) is 11.3 Å². The Morgan fingerprint density at radius 2 is 1.90 bits per heavy atom. The molecule has 0 atom stereocenters. The van der Waals surface area contributed by atoms with Crippen LogP contribution in [0.25, 0.3) is 21.8 Å². The Labute approximate surface area is 194 Å². The SMILES string of the molecule is COc1ccc(-c2csc(-c3cc(Br)c(O)c(O)c3Br)n2)cc1C(=O)N1CCCC1. The van der Waals surface area contributed by atoms with Crippen LogP contribution in [0.4, 0.5) is 0 Å². The number of thiazole rings is 1. The fourth-order valence-corrected chi connectivity index (χ4v) is 5.30. The Kier molecular flexibility index (Phi) is 6.04. The lowest BCUT2D eigenvalue weighted by Crippen LogP contribution is -2.28. The van der Waals surface area contributed by atoms with E-state index in [9.17, 15) is 15.0 Å². The van der Waals surface area contributed by atoms with E-state index in [4.69, 9.17) is 4.74 Å². The molecule has 2 heterocycles. The van der Waals surface area contributed by atoms with Gasteiger partial charge in [0.15, 0.2) is 11.5 Å². The summed E-state index contributed by atoms with van der Waals surface area (Å²) in [6.45, 7) is 1.53. The maximum atomic E-state index is 13.0. The number of aromatic hydroxyl groups is 2. The molecular formula is C21H18Br2N2O4S. The van der Waals surface area contributed by atoms with Crippen molar-refractivity contribution in [3.63, 3.8) is 0 Å². The number of methoxy groups -OCH3 is 1. The fraction of sp³-hybridized carbons (Fsp3) is 0.238. The van der Waals surface area contributed by atoms with Crippen LogP contribution in [0.5, 0.6) is 17.2 Å². The molecule has 9 heteroatoms. The van der Waals surface area contributed by atoms with Crippen molar-refractivity contribution in [2.75, 3.05) is 20.2 Å². The predicted molar refractivity (Wildman–Crippen MR) is 123 cm³/mol. The molecular weight excluding hydrogens is 536 g/mol. The van der Waals surface area contributed by atoms with Gasteiger partial charge in [0.05, 0.1) is 27.3 Å². The first-order valence-corrected chi connectivity index (χ1v) is 11.7. The van der Waals surface area contributed by atoms with Crippen molar-refractivity contribution in [1.29, 1.82) is 0 Å². The second kappa shape index (κ2) is 8.56. The Morgan fingerprint density at radius 3 is 2.60 bits per heavy atom. The highest BCUT2D eigenvalue weighted by Gasteiger charge is 2.24. The summed E-state index contributed by atoms with van der Waals surface area (Å²) in [4.78, 5) is 19.5. The lowest BCUT2D eigenvalue weighted by Gasteiger charge is -2.17. The molecule has 1 aromatic heterocycles. The van der Waals surface area contributed by atoms with E-state index < -0.39 is 0 Å². The number of amides is 1. The number of ether oxygens (including phenoxy) is 1. The van der Waals surface area contributed by atoms with Gasteiger partial charge in [0.2, 0.25) is 0 Å². The maximum Gasteiger partial charge on any atom is 0.257 e. The molecule has 30 heavy (non-hydrogen) atoms. The maximum absolute atomic E-state index is 13.0. The van der Waals surface area contributed by atoms with Gasteiger partial charge < -0.3 is 19.8 Å². The standard InChI is InChI=1S/C21H18Br2N2O4S/c1-29-16-5-4-11(8-12(16)21(28)25-6-2-3-7-25)15-10-30-20(24-15)13-9-14(22)18(26)19(27)17(13)23/h4-5,8-10,26-27H,2-3,6-7H2,1H3. The summed E-state index contributed by atoms with van der Waals surface area (Å²) >= 11 is 7.97. The summed E-state index contributed by atoms with van der Waals surface area (Å²) in [5.41, 5.74) is 2.69. The van der Waals surface area contributed by atoms with E-state index in [2.05, 4.69) is 36.8 Å². The van der Waals surface area contributed by atoms with Gasteiger partial charge in [0, 0.05) is 29.6 Å². The van der Waals surface area contributed by atoms with Gasteiger partial charge in [-0.3, -0.25) is 4.79 Å². The van der Waals surface area contributed by atoms with Gasteiger partial charge in [0.25, 0.3) is 5.91 Å². The van der Waals surface area contributed by atoms with Gasteiger partial charge in [0.1, 0.15) is 10.8 Å². The smallest absolute Gasteiger partial charge is 0.257 e. The molecule has 1 saturated heterocycles. The van der Waals surface area contributed by atoms with E-state index in [1.807, 2.05) is 22.4 Å². The molecule has 0 radical (unpaired) electrons. The number of likely N-dealkylation sites (tertiary alicyclic amines) is 1. The monoisotopic (exact) mass is 552 g/mol. The van der Waals surface area contributed by atoms with E-state index in [0.717, 1.165) is 31.5 Å². The van der Waals surface area contributed by atoms with Crippen LogP contribution in [0.1, 0.15) is 23.2 Å². The highest BCUT2D eigenvalue weighted by Crippen LogP contribution is 2.46. The second-order valence-electron chi connectivity index (χ2n) is 6.87. The van der Waals surface area contributed by atoms with Crippen molar-refractivity contribution in [2.45, 2.75) is 12.8 Å². The van der Waals surface area contributed by atoms with E-state index in [-0.39, 0.29) is 17.4 Å². The third kappa shape index (κ3) is 3.81. The zero-order chi connectivity index (χ0) is 21.4. The summed E-state index contributed by atoms with van der Waals surface area (Å²) in [6, 6.07) is 7.17. The Hall–Kier alpha value is -2.10. The molecule has 1 aliphatic heterocycles. The molecule has 0 saturated carbocycles. The van der Waals surface area contributed by atoms with Crippen LogP contribution in [-0.2, 0) is 0 Å². The minimum Gasteiger partial charge on any atom is -0.503 e. The van der Waals surface area contributed by atoms with Crippen molar-refractivity contribution in [3.8, 4) is 39.1 Å². The van der Waals surface area contributed by atoms with Crippen LogP contribution < -0.4 is 4.74 Å². The van der Waals surface area contributed by atoms with Crippen LogP contribution >= 0.6 is 43.2 Å². The molecule has 6 nitrogen and oxygen atoms in total. The first-order valence-electron chi connectivity index (χ1n) is 9.24. The van der Waals surface area contributed by atoms with Crippen LogP contribution in [-0.4, -0.2) is 46.2 Å². The number of nitrogens with zero attached hydrogens (tertiary/aromatic N) is 2. The summed E-state index contributed by atoms with van der Waals surface area (Å²) in [6.07, 6.45) is 2.04. The van der Waals surface area contributed by atoms with Gasteiger partial charge in [-0.05, 0) is 69.0 Å². The lowest BCUT2D eigenvalue weighted by molar-refractivity contribution is 0.0789. The molecule has 2 N–H and O–H groups in total. The van der Waals surface area contributed by atoms with Gasteiger partial charge in [-0.2, -0.15) is 0 Å². The molecule has 1 fully saturated rings. The van der Waals surface area contributed by atoms with Gasteiger partial charge >= 0.3 is 0 Å². The van der Waals surface area contributed by atoms with Crippen molar-refractivity contribution in [3.05, 3.63) is 44.2 Å². The molecule has 0 aliphatic carbocycles. The Balaban J connectivity index is 1.72. The molecule has 0 bridgehead atoms. The number of hydrogen-bond donors (Lipinski definition) is 2. The van der Waals surface area contributed by atoms with Crippen molar-refractivity contribution >= 4 is 49.1 Å². The fourth-order valence-electron chi connectivity index (χ4n) is 3.41. The number of hydrogen-bond acceptors (Lipinski definition) is 6. The molecule has 2 aromatic carbocycles. The van der Waals surface area contributed by atoms with E-state index in [1.54, 1.807) is 19.2 Å². The van der Waals surface area contributed by atoms with Crippen molar-refractivity contribution < 1.29 is 19.7 Å². The second-order valence-corrected chi connectivity index (χ2v) is 9.37. The zero-order valence-corrected chi connectivity index (χ0v) is 20.0. The van der Waals surface area contributed by atoms with Crippen LogP contribution in [0.2, 0.25) is 0 Å². The summed E-state index contributed by atoms with van der Waals surface area (Å²) in [5, 5.41) is 22.5. The number of aromatic nitrogens is 1. The number of phenolic OH excluding ortho intramolecular Hbond substituents is 2. The van der Waals surface area contributed by atoms with Gasteiger partial charge in [-0.1, -0.05) is 0 Å². The molecule has 156 valence electrons. The van der Waals surface area contributed by atoms with Crippen LogP contribution in [0.3, 0.4) is 0 Å². The first kappa shape index (κ1) is 21.1. The zero-order valence-electron chi connectivity index (χ0n) is 16.0. The Morgan fingerprint density at radius 1 is 1.17 bits per heavy atom. The Bertz CT molecular complexity index is 1130. The normalized spacial score (nSPS) is 13.6. The lowest BCUT2D eigenvalue weighted by atomic mass is 10.1. The topological polar surface area (TPSA) is 82.9 Å². The van der Waals surface area contributed by atoms with Crippen LogP contribution in [0, 0.1) is 0 Å². The van der Waals surface area contributed by atoms with Crippen LogP contribution in [0.15, 0.2) is 38.6 Å².